The van der Waals surface area contributed by atoms with E-state index in [1.165, 1.54) is 27.7 Å². The summed E-state index contributed by atoms with van der Waals surface area (Å²) >= 11 is 0. The molecule has 126 valence electrons. The molecular formula is C12H20F4O5. The average molecular weight is 320 g/mol. The van der Waals surface area contributed by atoms with Crippen LogP contribution in [0.1, 0.15) is 34.1 Å². The Bertz CT molecular complexity index is 343. The molecule has 0 aromatic heterocycles. The highest BCUT2D eigenvalue weighted by molar-refractivity contribution is 5.76. The maximum absolute atomic E-state index is 13.2. The standard InChI is InChI=1S/C9H12F4O3.C3H8O2/c1-8(2,6-5(10)3-4-15-6)16-7(14)9(11,12)13;1-3(2,4)5/h5-6H,3-4H2,1-2H3;4-5H,1-2H3. The van der Waals surface area contributed by atoms with Crippen molar-refractivity contribution in [1.29, 1.82) is 0 Å². The van der Waals surface area contributed by atoms with E-state index in [0.717, 1.165) is 0 Å². The van der Waals surface area contributed by atoms with Gasteiger partial charge in [-0.15, -0.1) is 0 Å². The summed E-state index contributed by atoms with van der Waals surface area (Å²) in [6.07, 6.45) is -7.56. The van der Waals surface area contributed by atoms with E-state index in [-0.39, 0.29) is 13.0 Å². The van der Waals surface area contributed by atoms with Crippen LogP contribution in [0.25, 0.3) is 0 Å². The molecule has 0 amide bonds. The monoisotopic (exact) mass is 320 g/mol. The normalized spacial score (nSPS) is 23.3. The topological polar surface area (TPSA) is 76.0 Å². The van der Waals surface area contributed by atoms with Crippen LogP contribution in [0.15, 0.2) is 0 Å². The van der Waals surface area contributed by atoms with Crippen LogP contribution in [0, 0.1) is 0 Å². The van der Waals surface area contributed by atoms with Crippen LogP contribution in [0.5, 0.6) is 0 Å². The molecule has 5 nitrogen and oxygen atoms in total. The number of hydrogen-bond donors (Lipinski definition) is 2. The number of aliphatic hydroxyl groups is 2. The Morgan fingerprint density at radius 3 is 1.90 bits per heavy atom. The van der Waals surface area contributed by atoms with Crippen LogP contribution >= 0.6 is 0 Å². The third-order valence-electron chi connectivity index (χ3n) is 2.29. The van der Waals surface area contributed by atoms with E-state index in [9.17, 15) is 22.4 Å². The summed E-state index contributed by atoms with van der Waals surface area (Å²) in [5, 5.41) is 16.2. The number of carbonyl (C=O) groups excluding carboxylic acids is 1. The van der Waals surface area contributed by atoms with Crippen LogP contribution in [0.2, 0.25) is 0 Å². The summed E-state index contributed by atoms with van der Waals surface area (Å²) in [4.78, 5) is 10.6. The molecule has 1 rings (SSSR count). The molecule has 1 fully saturated rings. The predicted octanol–water partition coefficient (Wildman–Crippen LogP) is 1.70. The fourth-order valence-electron chi connectivity index (χ4n) is 1.55. The zero-order chi connectivity index (χ0) is 17.1. The van der Waals surface area contributed by atoms with Crippen molar-refractivity contribution in [3.8, 4) is 0 Å². The molecule has 1 aliphatic heterocycles. The molecule has 9 heteroatoms. The van der Waals surface area contributed by atoms with E-state index in [1.54, 1.807) is 0 Å². The van der Waals surface area contributed by atoms with Gasteiger partial charge in [-0.2, -0.15) is 13.2 Å². The smallest absolute Gasteiger partial charge is 0.450 e. The average Bonchev–Trinajstić information content (AvgIpc) is 2.60. The lowest BCUT2D eigenvalue weighted by atomic mass is 9.97. The molecule has 0 saturated carbocycles. The SMILES string of the molecule is CC(C)(O)O.CC(C)(OC(=O)C(F)(F)F)C1OCCC1F. The van der Waals surface area contributed by atoms with Crippen LogP contribution in [0.3, 0.4) is 0 Å². The maximum Gasteiger partial charge on any atom is 0.490 e. The first kappa shape index (κ1) is 20.1. The minimum Gasteiger partial charge on any atom is -0.450 e. The highest BCUT2D eigenvalue weighted by Gasteiger charge is 2.49. The van der Waals surface area contributed by atoms with Crippen LogP contribution < -0.4 is 0 Å². The molecule has 0 spiro atoms. The van der Waals surface area contributed by atoms with Gasteiger partial charge >= 0.3 is 12.1 Å². The van der Waals surface area contributed by atoms with Gasteiger partial charge < -0.3 is 19.7 Å². The summed E-state index contributed by atoms with van der Waals surface area (Å²) < 4.78 is 58.2. The van der Waals surface area contributed by atoms with E-state index in [1.807, 2.05) is 0 Å². The summed E-state index contributed by atoms with van der Waals surface area (Å²) in [7, 11) is 0. The van der Waals surface area contributed by atoms with Crippen LogP contribution in [-0.2, 0) is 14.3 Å². The van der Waals surface area contributed by atoms with Gasteiger partial charge in [0.25, 0.3) is 0 Å². The molecule has 0 aromatic carbocycles. The number of rotatable bonds is 2. The van der Waals surface area contributed by atoms with E-state index in [2.05, 4.69) is 4.74 Å². The predicted molar refractivity (Wildman–Crippen MR) is 64.0 cm³/mol. The van der Waals surface area contributed by atoms with Gasteiger partial charge in [-0.05, 0) is 27.7 Å². The summed E-state index contributed by atoms with van der Waals surface area (Å²) in [5.74, 6) is -3.83. The van der Waals surface area contributed by atoms with Gasteiger partial charge in [-0.1, -0.05) is 0 Å². The van der Waals surface area contributed by atoms with E-state index in [4.69, 9.17) is 14.9 Å². The Hall–Kier alpha value is -0.930. The molecule has 2 unspecified atom stereocenters. The highest BCUT2D eigenvalue weighted by Crippen LogP contribution is 2.31. The second kappa shape index (κ2) is 6.89. The second-order valence-corrected chi connectivity index (χ2v) is 5.58. The highest BCUT2D eigenvalue weighted by atomic mass is 19.4. The van der Waals surface area contributed by atoms with Gasteiger partial charge in [-0.25, -0.2) is 9.18 Å². The molecule has 0 bridgehead atoms. The van der Waals surface area contributed by atoms with Gasteiger partial charge in [0.15, 0.2) is 5.79 Å². The molecule has 1 heterocycles. The first-order chi connectivity index (χ1) is 9.14. The molecule has 0 radical (unpaired) electrons. The maximum atomic E-state index is 13.2. The van der Waals surface area contributed by atoms with Crippen LogP contribution in [0.4, 0.5) is 17.6 Å². The zero-order valence-electron chi connectivity index (χ0n) is 12.2. The Morgan fingerprint density at radius 1 is 1.19 bits per heavy atom. The van der Waals surface area contributed by atoms with Crippen molar-refractivity contribution in [3.05, 3.63) is 0 Å². The number of halogens is 4. The Kier molecular flexibility index (Phi) is 6.58. The largest absolute Gasteiger partial charge is 0.490 e. The van der Waals surface area contributed by atoms with Gasteiger partial charge in [0.05, 0.1) is 6.61 Å². The fraction of sp³-hybridized carbons (Fsp3) is 0.917. The van der Waals surface area contributed by atoms with Crippen molar-refractivity contribution in [1.82, 2.24) is 0 Å². The van der Waals surface area contributed by atoms with E-state index >= 15 is 0 Å². The number of carbonyl (C=O) groups is 1. The first-order valence-corrected chi connectivity index (χ1v) is 6.15. The summed E-state index contributed by atoms with van der Waals surface area (Å²) in [5.41, 5.74) is -1.64. The molecule has 0 aromatic rings. The Labute approximate surface area is 119 Å². The van der Waals surface area contributed by atoms with E-state index in [0.29, 0.717) is 0 Å². The minimum atomic E-state index is -5.08. The third-order valence-corrected chi connectivity index (χ3v) is 2.29. The first-order valence-electron chi connectivity index (χ1n) is 6.15. The van der Waals surface area contributed by atoms with Crippen molar-refractivity contribution in [3.63, 3.8) is 0 Å². The van der Waals surface area contributed by atoms with Crippen molar-refractivity contribution in [2.75, 3.05) is 6.61 Å². The lowest BCUT2D eigenvalue weighted by Gasteiger charge is -2.31. The lowest BCUT2D eigenvalue weighted by molar-refractivity contribution is -0.221. The Morgan fingerprint density at radius 2 is 1.62 bits per heavy atom. The third kappa shape index (κ3) is 8.18. The van der Waals surface area contributed by atoms with Crippen molar-refractivity contribution in [2.24, 2.45) is 0 Å². The fourth-order valence-corrected chi connectivity index (χ4v) is 1.55. The number of esters is 1. The van der Waals surface area contributed by atoms with E-state index < -0.39 is 35.8 Å². The number of ether oxygens (including phenoxy) is 2. The van der Waals surface area contributed by atoms with Crippen molar-refractivity contribution in [2.45, 2.75) is 64.0 Å². The molecular weight excluding hydrogens is 300 g/mol. The van der Waals surface area contributed by atoms with Gasteiger partial charge in [0, 0.05) is 6.42 Å². The minimum absolute atomic E-state index is 0.0949. The number of hydrogen-bond acceptors (Lipinski definition) is 5. The Balaban J connectivity index is 0.000000690. The molecule has 0 aliphatic carbocycles. The summed E-state index contributed by atoms with van der Waals surface area (Å²) in [6.45, 7) is 5.09. The lowest BCUT2D eigenvalue weighted by Crippen LogP contribution is -2.47. The van der Waals surface area contributed by atoms with Crippen LogP contribution in [-0.4, -0.2) is 52.6 Å². The molecule has 2 N–H and O–H groups in total. The second-order valence-electron chi connectivity index (χ2n) is 5.58. The summed E-state index contributed by atoms with van der Waals surface area (Å²) in [6, 6.07) is 0. The number of alkyl halides is 4. The molecule has 2 atom stereocenters. The zero-order valence-corrected chi connectivity index (χ0v) is 12.2. The van der Waals surface area contributed by atoms with Crippen molar-refractivity contribution < 1.29 is 42.0 Å². The molecule has 21 heavy (non-hydrogen) atoms. The van der Waals surface area contributed by atoms with Gasteiger partial charge in [0.1, 0.15) is 17.9 Å². The molecule has 1 saturated heterocycles. The quantitative estimate of drug-likeness (QED) is 0.460. The molecule has 1 aliphatic rings. The van der Waals surface area contributed by atoms with Gasteiger partial charge in [0.2, 0.25) is 0 Å². The van der Waals surface area contributed by atoms with Crippen molar-refractivity contribution >= 4 is 5.97 Å². The van der Waals surface area contributed by atoms with Gasteiger partial charge in [-0.3, -0.25) is 0 Å².